The SMILES string of the molecule is C[C@@H]1CCN([C@H]2COc3ccccc3[C@@H]2Nc2cccc3[nH]c(C(F)(F)F)cc23)C1. The Morgan fingerprint density at radius 2 is 1.97 bits per heavy atom. The van der Waals surface area contributed by atoms with E-state index in [0.29, 0.717) is 29.1 Å². The van der Waals surface area contributed by atoms with Gasteiger partial charge in [0, 0.05) is 28.7 Å². The van der Waals surface area contributed by atoms with Crippen molar-refractivity contribution in [3.05, 3.63) is 59.8 Å². The molecule has 0 radical (unpaired) electrons. The van der Waals surface area contributed by atoms with Crippen LogP contribution in [0.4, 0.5) is 18.9 Å². The summed E-state index contributed by atoms with van der Waals surface area (Å²) in [5.41, 5.74) is 1.47. The van der Waals surface area contributed by atoms with Gasteiger partial charge in [0.1, 0.15) is 18.1 Å². The van der Waals surface area contributed by atoms with Gasteiger partial charge in [0.05, 0.1) is 12.1 Å². The van der Waals surface area contributed by atoms with Gasteiger partial charge in [-0.25, -0.2) is 0 Å². The van der Waals surface area contributed by atoms with Crippen molar-refractivity contribution in [1.29, 1.82) is 0 Å². The quantitative estimate of drug-likeness (QED) is 0.598. The zero-order valence-electron chi connectivity index (χ0n) is 16.7. The summed E-state index contributed by atoms with van der Waals surface area (Å²) in [5, 5.41) is 4.12. The molecule has 2 N–H and O–H groups in total. The standard InChI is InChI=1S/C23H24F3N3O/c1-14-9-10-29(12-14)19-13-30-20-8-3-2-5-15(20)22(19)28-18-7-4-6-17-16(18)11-21(27-17)23(24,25)26/h2-8,11,14,19,22,27-28H,9-10,12-13H2,1H3/t14-,19+,22+/m1/s1. The number of para-hydroxylation sites is 1. The highest BCUT2D eigenvalue weighted by Crippen LogP contribution is 2.40. The van der Waals surface area contributed by atoms with Crippen LogP contribution in [-0.4, -0.2) is 35.6 Å². The Kier molecular flexibility index (Phi) is 4.65. The Balaban J connectivity index is 1.54. The van der Waals surface area contributed by atoms with Crippen LogP contribution in [-0.2, 0) is 6.18 Å². The lowest BCUT2D eigenvalue weighted by Crippen LogP contribution is -2.47. The van der Waals surface area contributed by atoms with E-state index in [9.17, 15) is 13.2 Å². The maximum atomic E-state index is 13.2. The number of halogens is 3. The zero-order chi connectivity index (χ0) is 20.9. The third-order valence-electron chi connectivity index (χ3n) is 6.25. The summed E-state index contributed by atoms with van der Waals surface area (Å²) in [7, 11) is 0. The molecular weight excluding hydrogens is 391 g/mol. The van der Waals surface area contributed by atoms with Crippen LogP contribution < -0.4 is 10.1 Å². The number of hydrogen-bond acceptors (Lipinski definition) is 3. The van der Waals surface area contributed by atoms with Crippen molar-refractivity contribution < 1.29 is 17.9 Å². The Hall–Kier alpha value is -2.67. The molecule has 30 heavy (non-hydrogen) atoms. The number of alkyl halides is 3. The van der Waals surface area contributed by atoms with Gasteiger partial charge in [0.25, 0.3) is 0 Å². The van der Waals surface area contributed by atoms with E-state index < -0.39 is 11.9 Å². The zero-order valence-corrected chi connectivity index (χ0v) is 16.7. The van der Waals surface area contributed by atoms with Gasteiger partial charge in [-0.15, -0.1) is 0 Å². The Morgan fingerprint density at radius 1 is 1.13 bits per heavy atom. The summed E-state index contributed by atoms with van der Waals surface area (Å²) in [6.07, 6.45) is -3.26. The average molecular weight is 415 g/mol. The molecular formula is C23H24F3N3O. The Labute approximate surface area is 173 Å². The van der Waals surface area contributed by atoms with E-state index in [1.54, 1.807) is 12.1 Å². The van der Waals surface area contributed by atoms with Crippen molar-refractivity contribution in [3.8, 4) is 5.75 Å². The third-order valence-corrected chi connectivity index (χ3v) is 6.25. The molecule has 158 valence electrons. The van der Waals surface area contributed by atoms with Gasteiger partial charge in [-0.3, -0.25) is 4.90 Å². The van der Waals surface area contributed by atoms with E-state index >= 15 is 0 Å². The van der Waals surface area contributed by atoms with E-state index in [4.69, 9.17) is 4.74 Å². The molecule has 1 saturated heterocycles. The van der Waals surface area contributed by atoms with Gasteiger partial charge >= 0.3 is 6.18 Å². The lowest BCUT2D eigenvalue weighted by molar-refractivity contribution is -0.140. The van der Waals surface area contributed by atoms with Crippen LogP contribution in [0.1, 0.15) is 30.6 Å². The van der Waals surface area contributed by atoms with E-state index in [-0.39, 0.29) is 12.1 Å². The maximum Gasteiger partial charge on any atom is 0.431 e. The lowest BCUT2D eigenvalue weighted by Gasteiger charge is -2.40. The first-order valence-corrected chi connectivity index (χ1v) is 10.3. The summed E-state index contributed by atoms with van der Waals surface area (Å²) < 4.78 is 45.8. The van der Waals surface area contributed by atoms with E-state index in [1.165, 1.54) is 6.07 Å². The van der Waals surface area contributed by atoms with Crippen LogP contribution in [0.3, 0.4) is 0 Å². The highest BCUT2D eigenvalue weighted by Gasteiger charge is 2.38. The molecule has 7 heteroatoms. The van der Waals surface area contributed by atoms with E-state index in [0.717, 1.165) is 30.8 Å². The van der Waals surface area contributed by atoms with Crippen molar-refractivity contribution in [2.24, 2.45) is 5.92 Å². The average Bonchev–Trinajstić information content (AvgIpc) is 3.35. The number of rotatable bonds is 3. The normalized spacial score (nSPS) is 24.6. The first-order chi connectivity index (χ1) is 14.4. The molecule has 2 aromatic carbocycles. The number of benzene rings is 2. The predicted octanol–water partition coefficient (Wildman–Crippen LogP) is 5.44. The number of aromatic nitrogens is 1. The van der Waals surface area contributed by atoms with E-state index in [1.807, 2.05) is 30.3 Å². The molecule has 5 rings (SSSR count). The molecule has 0 aliphatic carbocycles. The van der Waals surface area contributed by atoms with Gasteiger partial charge in [0.2, 0.25) is 0 Å². The van der Waals surface area contributed by atoms with Crippen LogP contribution in [0.5, 0.6) is 5.75 Å². The fraction of sp³-hybridized carbons (Fsp3) is 0.391. The molecule has 3 atom stereocenters. The second kappa shape index (κ2) is 7.23. The van der Waals surface area contributed by atoms with Gasteiger partial charge in [-0.05, 0) is 43.1 Å². The molecule has 2 aliphatic heterocycles. The summed E-state index contributed by atoms with van der Waals surface area (Å²) in [6, 6.07) is 14.4. The number of anilines is 1. The van der Waals surface area contributed by atoms with Crippen LogP contribution in [0.15, 0.2) is 48.5 Å². The fourth-order valence-electron chi connectivity index (χ4n) is 4.71. The summed E-state index contributed by atoms with van der Waals surface area (Å²) >= 11 is 0. The van der Waals surface area contributed by atoms with Crippen LogP contribution >= 0.6 is 0 Å². The predicted molar refractivity (Wildman–Crippen MR) is 111 cm³/mol. The summed E-state index contributed by atoms with van der Waals surface area (Å²) in [4.78, 5) is 4.95. The number of H-pyrrole nitrogens is 1. The third kappa shape index (κ3) is 3.41. The van der Waals surface area contributed by atoms with Crippen molar-refractivity contribution in [3.63, 3.8) is 0 Å². The number of likely N-dealkylation sites (tertiary alicyclic amines) is 1. The summed E-state index contributed by atoms with van der Waals surface area (Å²) in [6.45, 7) is 4.81. The monoisotopic (exact) mass is 415 g/mol. The minimum atomic E-state index is -4.41. The molecule has 0 saturated carbocycles. The number of hydrogen-bond donors (Lipinski definition) is 2. The Morgan fingerprint density at radius 3 is 2.73 bits per heavy atom. The molecule has 2 aliphatic rings. The first-order valence-electron chi connectivity index (χ1n) is 10.3. The molecule has 1 fully saturated rings. The lowest BCUT2D eigenvalue weighted by atomic mass is 9.94. The van der Waals surface area contributed by atoms with Crippen molar-refractivity contribution in [2.75, 3.05) is 25.0 Å². The molecule has 0 spiro atoms. The molecule has 3 heterocycles. The van der Waals surface area contributed by atoms with Crippen molar-refractivity contribution in [2.45, 2.75) is 31.6 Å². The van der Waals surface area contributed by atoms with Gasteiger partial charge in [0.15, 0.2) is 0 Å². The van der Waals surface area contributed by atoms with E-state index in [2.05, 4.69) is 22.1 Å². The van der Waals surface area contributed by atoms with Crippen molar-refractivity contribution >= 4 is 16.6 Å². The second-order valence-corrected chi connectivity index (χ2v) is 8.37. The largest absolute Gasteiger partial charge is 0.491 e. The Bertz CT molecular complexity index is 1060. The maximum absolute atomic E-state index is 13.2. The van der Waals surface area contributed by atoms with Gasteiger partial charge in [-0.1, -0.05) is 31.2 Å². The fourth-order valence-corrected chi connectivity index (χ4v) is 4.71. The number of aromatic amines is 1. The number of ether oxygens (including phenoxy) is 1. The molecule has 4 nitrogen and oxygen atoms in total. The minimum absolute atomic E-state index is 0.0740. The highest BCUT2D eigenvalue weighted by molar-refractivity contribution is 5.93. The number of nitrogens with one attached hydrogen (secondary N) is 2. The molecule has 0 bridgehead atoms. The van der Waals surface area contributed by atoms with Gasteiger partial charge in [-0.2, -0.15) is 13.2 Å². The van der Waals surface area contributed by atoms with Crippen molar-refractivity contribution in [1.82, 2.24) is 9.88 Å². The molecule has 3 aromatic rings. The number of nitrogens with zero attached hydrogens (tertiary/aromatic N) is 1. The van der Waals surface area contributed by atoms with Gasteiger partial charge < -0.3 is 15.0 Å². The molecule has 1 aromatic heterocycles. The van der Waals surface area contributed by atoms with Crippen LogP contribution in [0, 0.1) is 5.92 Å². The molecule has 0 amide bonds. The number of fused-ring (bicyclic) bond motifs is 2. The second-order valence-electron chi connectivity index (χ2n) is 8.37. The topological polar surface area (TPSA) is 40.3 Å². The van der Waals surface area contributed by atoms with Crippen LogP contribution in [0.25, 0.3) is 10.9 Å². The first kappa shape index (κ1) is 19.3. The van der Waals surface area contributed by atoms with Crippen LogP contribution in [0.2, 0.25) is 0 Å². The molecule has 0 unspecified atom stereocenters. The smallest absolute Gasteiger partial charge is 0.431 e. The minimum Gasteiger partial charge on any atom is -0.491 e. The highest BCUT2D eigenvalue weighted by atomic mass is 19.4. The summed E-state index contributed by atoms with van der Waals surface area (Å²) in [5.74, 6) is 1.46.